The Morgan fingerprint density at radius 1 is 1.47 bits per heavy atom. The second kappa shape index (κ2) is 3.86. The van der Waals surface area contributed by atoms with Crippen molar-refractivity contribution < 1.29 is 14.0 Å². The lowest BCUT2D eigenvalue weighted by Crippen LogP contribution is -2.05. The number of hydrogen-bond acceptors (Lipinski definition) is 5. The largest absolute Gasteiger partial charge is 0.456 e. The molecule has 2 aromatic heterocycles. The molecule has 0 saturated heterocycles. The molecule has 1 atom stereocenters. The van der Waals surface area contributed by atoms with Gasteiger partial charge in [-0.2, -0.15) is 4.98 Å². The molecule has 0 spiro atoms. The van der Waals surface area contributed by atoms with Crippen LogP contribution < -0.4 is 0 Å². The molecule has 15 heavy (non-hydrogen) atoms. The van der Waals surface area contributed by atoms with E-state index in [1.807, 2.05) is 13.0 Å². The van der Waals surface area contributed by atoms with E-state index in [2.05, 4.69) is 10.1 Å². The number of aryl methyl sites for hydroxylation is 1. The topological polar surface area (TPSA) is 72.3 Å². The van der Waals surface area contributed by atoms with Gasteiger partial charge in [0.05, 0.1) is 6.10 Å². The van der Waals surface area contributed by atoms with Crippen molar-refractivity contribution in [2.75, 3.05) is 0 Å². The summed E-state index contributed by atoms with van der Waals surface area (Å²) in [5.41, 5.74) is 0. The Morgan fingerprint density at radius 2 is 2.27 bits per heavy atom. The summed E-state index contributed by atoms with van der Waals surface area (Å²) >= 11 is 0. The smallest absolute Gasteiger partial charge is 0.293 e. The molecular formula is C10H12N2O3. The summed E-state index contributed by atoms with van der Waals surface area (Å²) in [4.78, 5) is 4.10. The first-order chi connectivity index (χ1) is 7.15. The van der Waals surface area contributed by atoms with E-state index in [9.17, 15) is 0 Å². The summed E-state index contributed by atoms with van der Waals surface area (Å²) in [6.45, 7) is 3.52. The Hall–Kier alpha value is -1.62. The minimum Gasteiger partial charge on any atom is -0.456 e. The molecule has 0 aliphatic rings. The highest BCUT2D eigenvalue weighted by Crippen LogP contribution is 2.19. The lowest BCUT2D eigenvalue weighted by Gasteiger charge is -1.95. The lowest BCUT2D eigenvalue weighted by atomic mass is 10.3. The Labute approximate surface area is 86.7 Å². The lowest BCUT2D eigenvalue weighted by molar-refractivity contribution is 0.191. The molecule has 2 heterocycles. The normalized spacial score (nSPS) is 13.0. The fourth-order valence-electron chi connectivity index (χ4n) is 1.25. The van der Waals surface area contributed by atoms with Crippen LogP contribution in [0.4, 0.5) is 0 Å². The van der Waals surface area contributed by atoms with Gasteiger partial charge in [-0.3, -0.25) is 0 Å². The standard InChI is InChI=1S/C10H12N2O3/c1-6(13)5-9-11-10(15-12-9)8-4-3-7(2)14-8/h3-4,6,13H,5H2,1-2H3. The average Bonchev–Trinajstić information content (AvgIpc) is 2.72. The van der Waals surface area contributed by atoms with Crippen molar-refractivity contribution in [3.05, 3.63) is 23.7 Å². The van der Waals surface area contributed by atoms with Crippen molar-refractivity contribution in [3.63, 3.8) is 0 Å². The predicted octanol–water partition coefficient (Wildman–Crippen LogP) is 1.56. The van der Waals surface area contributed by atoms with Gasteiger partial charge < -0.3 is 14.0 Å². The highest BCUT2D eigenvalue weighted by atomic mass is 16.5. The van der Waals surface area contributed by atoms with Crippen molar-refractivity contribution in [1.29, 1.82) is 0 Å². The Kier molecular flexibility index (Phi) is 2.55. The third-order valence-electron chi connectivity index (χ3n) is 1.90. The van der Waals surface area contributed by atoms with Crippen LogP contribution in [-0.4, -0.2) is 21.4 Å². The molecule has 0 aliphatic carbocycles. The number of nitrogens with zero attached hydrogens (tertiary/aromatic N) is 2. The first-order valence-corrected chi connectivity index (χ1v) is 4.72. The molecule has 2 rings (SSSR count). The Bertz CT molecular complexity index is 445. The van der Waals surface area contributed by atoms with Gasteiger partial charge in [0.2, 0.25) is 0 Å². The van der Waals surface area contributed by atoms with Crippen LogP contribution in [-0.2, 0) is 6.42 Å². The first kappa shape index (κ1) is 9.92. The van der Waals surface area contributed by atoms with Crippen molar-refractivity contribution in [3.8, 4) is 11.7 Å². The van der Waals surface area contributed by atoms with Gasteiger partial charge in [0, 0.05) is 6.42 Å². The fraction of sp³-hybridized carbons (Fsp3) is 0.400. The van der Waals surface area contributed by atoms with Crippen LogP contribution in [0.25, 0.3) is 11.7 Å². The minimum absolute atomic E-state index is 0.346. The predicted molar refractivity (Wildman–Crippen MR) is 52.1 cm³/mol. The maximum atomic E-state index is 9.14. The van der Waals surface area contributed by atoms with Gasteiger partial charge in [-0.25, -0.2) is 0 Å². The molecule has 0 bridgehead atoms. The molecular weight excluding hydrogens is 196 g/mol. The van der Waals surface area contributed by atoms with E-state index in [0.717, 1.165) is 5.76 Å². The Balaban J connectivity index is 2.20. The van der Waals surface area contributed by atoms with Gasteiger partial charge in [0.15, 0.2) is 11.6 Å². The zero-order chi connectivity index (χ0) is 10.8. The van der Waals surface area contributed by atoms with Gasteiger partial charge in [0.25, 0.3) is 5.89 Å². The summed E-state index contributed by atoms with van der Waals surface area (Å²) < 4.78 is 10.3. The maximum Gasteiger partial charge on any atom is 0.293 e. The highest BCUT2D eigenvalue weighted by molar-refractivity contribution is 5.43. The number of aromatic nitrogens is 2. The number of aliphatic hydroxyl groups is 1. The average molecular weight is 208 g/mol. The Morgan fingerprint density at radius 3 is 2.87 bits per heavy atom. The molecule has 5 nitrogen and oxygen atoms in total. The van der Waals surface area contributed by atoms with Crippen LogP contribution in [0.2, 0.25) is 0 Å². The second-order valence-corrected chi connectivity index (χ2v) is 3.48. The number of aliphatic hydroxyl groups excluding tert-OH is 1. The van der Waals surface area contributed by atoms with Gasteiger partial charge in [-0.1, -0.05) is 5.16 Å². The number of rotatable bonds is 3. The summed E-state index contributed by atoms with van der Waals surface area (Å²) in [5, 5.41) is 12.9. The van der Waals surface area contributed by atoms with E-state index in [0.29, 0.717) is 23.9 Å². The van der Waals surface area contributed by atoms with Crippen molar-refractivity contribution >= 4 is 0 Å². The molecule has 0 amide bonds. The van der Waals surface area contributed by atoms with E-state index >= 15 is 0 Å². The van der Waals surface area contributed by atoms with E-state index < -0.39 is 6.10 Å². The minimum atomic E-state index is -0.478. The quantitative estimate of drug-likeness (QED) is 0.828. The van der Waals surface area contributed by atoms with Gasteiger partial charge in [0.1, 0.15) is 5.76 Å². The molecule has 0 aliphatic heterocycles. The monoisotopic (exact) mass is 208 g/mol. The van der Waals surface area contributed by atoms with Crippen LogP contribution in [0, 0.1) is 6.92 Å². The van der Waals surface area contributed by atoms with Crippen molar-refractivity contribution in [1.82, 2.24) is 10.1 Å². The van der Waals surface area contributed by atoms with E-state index in [1.54, 1.807) is 13.0 Å². The van der Waals surface area contributed by atoms with Crippen LogP contribution in [0.1, 0.15) is 18.5 Å². The summed E-state index contributed by atoms with van der Waals surface area (Å²) in [6, 6.07) is 3.60. The van der Waals surface area contributed by atoms with Crippen LogP contribution >= 0.6 is 0 Å². The summed E-state index contributed by atoms with van der Waals surface area (Å²) in [6.07, 6.45) is -0.0998. The third kappa shape index (κ3) is 2.24. The molecule has 80 valence electrons. The summed E-state index contributed by atoms with van der Waals surface area (Å²) in [7, 11) is 0. The number of hydrogen-bond donors (Lipinski definition) is 1. The molecule has 0 saturated carbocycles. The molecule has 1 unspecified atom stereocenters. The zero-order valence-corrected chi connectivity index (χ0v) is 8.60. The number of furan rings is 1. The van der Waals surface area contributed by atoms with Gasteiger partial charge in [-0.15, -0.1) is 0 Å². The first-order valence-electron chi connectivity index (χ1n) is 4.72. The molecule has 5 heteroatoms. The zero-order valence-electron chi connectivity index (χ0n) is 8.60. The van der Waals surface area contributed by atoms with Gasteiger partial charge >= 0.3 is 0 Å². The van der Waals surface area contributed by atoms with Crippen molar-refractivity contribution in [2.45, 2.75) is 26.4 Å². The fourth-order valence-corrected chi connectivity index (χ4v) is 1.25. The van der Waals surface area contributed by atoms with E-state index in [4.69, 9.17) is 14.0 Å². The second-order valence-electron chi connectivity index (χ2n) is 3.48. The van der Waals surface area contributed by atoms with E-state index in [-0.39, 0.29) is 0 Å². The highest BCUT2D eigenvalue weighted by Gasteiger charge is 2.12. The van der Waals surface area contributed by atoms with Gasteiger partial charge in [-0.05, 0) is 26.0 Å². The summed E-state index contributed by atoms with van der Waals surface area (Å²) in [5.74, 6) is 2.17. The molecule has 0 fully saturated rings. The van der Waals surface area contributed by atoms with Crippen molar-refractivity contribution in [2.24, 2.45) is 0 Å². The maximum absolute atomic E-state index is 9.14. The van der Waals surface area contributed by atoms with Crippen LogP contribution in [0.15, 0.2) is 21.1 Å². The van der Waals surface area contributed by atoms with Crippen LogP contribution in [0.3, 0.4) is 0 Å². The molecule has 0 radical (unpaired) electrons. The molecule has 1 N–H and O–H groups in total. The SMILES string of the molecule is Cc1ccc(-c2nc(CC(C)O)no2)o1. The third-order valence-corrected chi connectivity index (χ3v) is 1.90. The van der Waals surface area contributed by atoms with Crippen LogP contribution in [0.5, 0.6) is 0 Å². The molecule has 2 aromatic rings. The van der Waals surface area contributed by atoms with E-state index in [1.165, 1.54) is 0 Å². The molecule has 0 aromatic carbocycles.